The van der Waals surface area contributed by atoms with Crippen LogP contribution in [0.3, 0.4) is 0 Å². The molecule has 0 fully saturated rings. The normalized spacial score (nSPS) is 21.2. The molecule has 0 radical (unpaired) electrons. The first-order valence-electron chi connectivity index (χ1n) is 5.05. The summed E-state index contributed by atoms with van der Waals surface area (Å²) in [6.07, 6.45) is 0. The monoisotopic (exact) mass is 188 g/mol. The van der Waals surface area contributed by atoms with Crippen molar-refractivity contribution in [2.75, 3.05) is 11.4 Å². The van der Waals surface area contributed by atoms with Gasteiger partial charge in [0.15, 0.2) is 0 Å². The molecular formula is C12H16N2. The van der Waals surface area contributed by atoms with Gasteiger partial charge in [0.1, 0.15) is 5.84 Å². The quantitative estimate of drug-likeness (QED) is 0.661. The van der Waals surface area contributed by atoms with Gasteiger partial charge in [-0.2, -0.15) is 0 Å². The molecule has 0 amide bonds. The molecule has 1 heterocycles. The van der Waals surface area contributed by atoms with Crippen LogP contribution in [-0.4, -0.2) is 18.4 Å². The molecule has 1 aromatic carbocycles. The fourth-order valence-electron chi connectivity index (χ4n) is 1.89. The van der Waals surface area contributed by atoms with Crippen molar-refractivity contribution in [2.24, 2.45) is 4.99 Å². The average Bonchev–Trinajstić information content (AvgIpc) is 2.49. The molecule has 2 rings (SSSR count). The number of nitrogens with zero attached hydrogens (tertiary/aromatic N) is 2. The van der Waals surface area contributed by atoms with Crippen LogP contribution in [-0.2, 0) is 0 Å². The summed E-state index contributed by atoms with van der Waals surface area (Å²) in [7, 11) is 0. The van der Waals surface area contributed by atoms with E-state index in [1.165, 1.54) is 11.3 Å². The van der Waals surface area contributed by atoms with Gasteiger partial charge in [0, 0.05) is 5.69 Å². The standard InChI is InChI=1S/C12H16N2/c1-9-4-6-12(7-5-9)14-10(2)8-13-11(14)3/h4-7,10H,8H2,1-3H3. The third kappa shape index (κ3) is 1.52. The predicted octanol–water partition coefficient (Wildman–Crippen LogP) is 2.62. The van der Waals surface area contributed by atoms with Crippen molar-refractivity contribution in [1.29, 1.82) is 0 Å². The van der Waals surface area contributed by atoms with Crippen LogP contribution in [0.4, 0.5) is 5.69 Å². The van der Waals surface area contributed by atoms with Gasteiger partial charge in [0.25, 0.3) is 0 Å². The lowest BCUT2D eigenvalue weighted by Crippen LogP contribution is -2.32. The van der Waals surface area contributed by atoms with E-state index in [9.17, 15) is 0 Å². The highest BCUT2D eigenvalue weighted by molar-refractivity contribution is 5.98. The van der Waals surface area contributed by atoms with Gasteiger partial charge in [-0.1, -0.05) is 17.7 Å². The SMILES string of the molecule is CC1=NCC(C)N1c1ccc(C)cc1. The van der Waals surface area contributed by atoms with Crippen LogP contribution in [0.2, 0.25) is 0 Å². The molecule has 0 aliphatic carbocycles. The minimum atomic E-state index is 0.498. The molecule has 0 spiro atoms. The maximum absolute atomic E-state index is 4.44. The molecule has 1 aliphatic rings. The van der Waals surface area contributed by atoms with Crippen molar-refractivity contribution in [3.8, 4) is 0 Å². The molecule has 1 aliphatic heterocycles. The first-order valence-corrected chi connectivity index (χ1v) is 5.05. The third-order valence-electron chi connectivity index (χ3n) is 2.69. The van der Waals surface area contributed by atoms with Crippen LogP contribution in [0.5, 0.6) is 0 Å². The third-order valence-corrected chi connectivity index (χ3v) is 2.69. The lowest BCUT2D eigenvalue weighted by Gasteiger charge is -2.24. The number of rotatable bonds is 1. The molecule has 0 bridgehead atoms. The van der Waals surface area contributed by atoms with Crippen molar-refractivity contribution >= 4 is 11.5 Å². The maximum Gasteiger partial charge on any atom is 0.101 e. The smallest absolute Gasteiger partial charge is 0.101 e. The van der Waals surface area contributed by atoms with Crippen LogP contribution in [0.25, 0.3) is 0 Å². The predicted molar refractivity (Wildman–Crippen MR) is 61.1 cm³/mol. The van der Waals surface area contributed by atoms with Gasteiger partial charge in [-0.15, -0.1) is 0 Å². The van der Waals surface area contributed by atoms with Gasteiger partial charge >= 0.3 is 0 Å². The number of hydrogen-bond donors (Lipinski definition) is 0. The molecule has 0 aromatic heterocycles. The summed E-state index contributed by atoms with van der Waals surface area (Å²) in [5.74, 6) is 1.13. The summed E-state index contributed by atoms with van der Waals surface area (Å²) >= 11 is 0. The summed E-state index contributed by atoms with van der Waals surface area (Å²) < 4.78 is 0. The Morgan fingerprint density at radius 3 is 2.36 bits per heavy atom. The molecule has 74 valence electrons. The Morgan fingerprint density at radius 1 is 1.21 bits per heavy atom. The highest BCUT2D eigenvalue weighted by Gasteiger charge is 2.21. The van der Waals surface area contributed by atoms with E-state index in [1.54, 1.807) is 0 Å². The van der Waals surface area contributed by atoms with E-state index in [0.717, 1.165) is 12.4 Å². The van der Waals surface area contributed by atoms with Crippen molar-refractivity contribution in [3.05, 3.63) is 29.8 Å². The Balaban J connectivity index is 2.30. The topological polar surface area (TPSA) is 15.6 Å². The van der Waals surface area contributed by atoms with Crippen molar-refractivity contribution < 1.29 is 0 Å². The Morgan fingerprint density at radius 2 is 1.86 bits per heavy atom. The van der Waals surface area contributed by atoms with Gasteiger partial charge < -0.3 is 4.90 Å². The number of amidine groups is 1. The van der Waals surface area contributed by atoms with Gasteiger partial charge in [-0.3, -0.25) is 4.99 Å². The second kappa shape index (κ2) is 3.45. The largest absolute Gasteiger partial charge is 0.326 e. The van der Waals surface area contributed by atoms with E-state index >= 15 is 0 Å². The molecule has 1 aromatic rings. The summed E-state index contributed by atoms with van der Waals surface area (Å²) in [5, 5.41) is 0. The number of hydrogen-bond acceptors (Lipinski definition) is 2. The Bertz CT molecular complexity index is 351. The molecule has 0 N–H and O–H groups in total. The van der Waals surface area contributed by atoms with Gasteiger partial charge in [0.05, 0.1) is 12.6 Å². The average molecular weight is 188 g/mol. The molecular weight excluding hydrogens is 172 g/mol. The first-order chi connectivity index (χ1) is 6.68. The fourth-order valence-corrected chi connectivity index (χ4v) is 1.89. The lowest BCUT2D eigenvalue weighted by molar-refractivity contribution is 0.784. The first kappa shape index (κ1) is 9.25. The molecule has 2 nitrogen and oxygen atoms in total. The molecule has 1 atom stereocenters. The second-order valence-corrected chi connectivity index (χ2v) is 3.94. The molecule has 0 saturated carbocycles. The fraction of sp³-hybridized carbons (Fsp3) is 0.417. The zero-order valence-electron chi connectivity index (χ0n) is 8.99. The maximum atomic E-state index is 4.44. The van der Waals surface area contributed by atoms with E-state index in [2.05, 4.69) is 54.9 Å². The van der Waals surface area contributed by atoms with Crippen molar-refractivity contribution in [2.45, 2.75) is 26.8 Å². The van der Waals surface area contributed by atoms with Crippen molar-refractivity contribution in [3.63, 3.8) is 0 Å². The minimum Gasteiger partial charge on any atom is -0.326 e. The molecule has 1 unspecified atom stereocenters. The number of benzene rings is 1. The van der Waals surface area contributed by atoms with E-state index in [1.807, 2.05) is 0 Å². The second-order valence-electron chi connectivity index (χ2n) is 3.94. The zero-order valence-corrected chi connectivity index (χ0v) is 8.99. The number of anilines is 1. The Hall–Kier alpha value is -1.31. The lowest BCUT2D eigenvalue weighted by atomic mass is 10.2. The zero-order chi connectivity index (χ0) is 10.1. The van der Waals surface area contributed by atoms with E-state index in [-0.39, 0.29) is 0 Å². The van der Waals surface area contributed by atoms with E-state index in [0.29, 0.717) is 6.04 Å². The Kier molecular flexibility index (Phi) is 2.28. The summed E-state index contributed by atoms with van der Waals surface area (Å²) in [6.45, 7) is 7.31. The van der Waals surface area contributed by atoms with Gasteiger partial charge in [-0.25, -0.2) is 0 Å². The van der Waals surface area contributed by atoms with Gasteiger partial charge in [-0.05, 0) is 32.9 Å². The molecule has 0 saturated heterocycles. The van der Waals surface area contributed by atoms with Crippen molar-refractivity contribution in [1.82, 2.24) is 0 Å². The molecule has 14 heavy (non-hydrogen) atoms. The summed E-state index contributed by atoms with van der Waals surface area (Å²) in [4.78, 5) is 6.73. The van der Waals surface area contributed by atoms with Gasteiger partial charge in [0.2, 0.25) is 0 Å². The van der Waals surface area contributed by atoms with Crippen LogP contribution < -0.4 is 4.90 Å². The van der Waals surface area contributed by atoms with E-state index < -0.39 is 0 Å². The summed E-state index contributed by atoms with van der Waals surface area (Å²) in [6, 6.07) is 9.12. The minimum absolute atomic E-state index is 0.498. The summed E-state index contributed by atoms with van der Waals surface area (Å²) in [5.41, 5.74) is 2.55. The highest BCUT2D eigenvalue weighted by atomic mass is 15.3. The highest BCUT2D eigenvalue weighted by Crippen LogP contribution is 2.21. The molecule has 2 heteroatoms. The van der Waals surface area contributed by atoms with Crippen LogP contribution in [0, 0.1) is 6.92 Å². The van der Waals surface area contributed by atoms with Crippen LogP contribution >= 0.6 is 0 Å². The Labute approximate surface area is 85.3 Å². The van der Waals surface area contributed by atoms with E-state index in [4.69, 9.17) is 0 Å². The van der Waals surface area contributed by atoms with Crippen LogP contribution in [0.1, 0.15) is 19.4 Å². The number of aliphatic imine (C=N–C) groups is 1. The van der Waals surface area contributed by atoms with Crippen LogP contribution in [0.15, 0.2) is 29.3 Å². The number of aryl methyl sites for hydroxylation is 1.